The number of nitrogens with zero attached hydrogens (tertiary/aromatic N) is 2. The van der Waals surface area contributed by atoms with Crippen molar-refractivity contribution in [2.24, 2.45) is 23.2 Å². The van der Waals surface area contributed by atoms with Crippen LogP contribution in [0.3, 0.4) is 0 Å². The average Bonchev–Trinajstić information content (AvgIpc) is 3.28. The summed E-state index contributed by atoms with van der Waals surface area (Å²) in [6.07, 6.45) is 2.40. The Morgan fingerprint density at radius 3 is 2.67 bits per heavy atom. The molecule has 0 bridgehead atoms. The molecule has 3 aliphatic rings. The minimum atomic E-state index is -4.51. The molecule has 0 aliphatic heterocycles. The standard InChI is InChI=1S/C30H28F4N4O/c1-29-15-17-16-36-38(22-8-6-19(31)7-9-22)26(17)13-18(29)5-10-23-24(29)11-12-25(30(32,33)34)27(23)28(39)37-21-4-2-3-20(35)14-21/h2-4,6-9,11,13-14,16,23,25,27H,5,10,12,15,35H2,1H3,(H,37,39)/t23?,25-,27-,29+/m1/s1. The number of alkyl halides is 3. The van der Waals surface area contributed by atoms with Crippen LogP contribution in [0.2, 0.25) is 0 Å². The number of hydrogen-bond acceptors (Lipinski definition) is 3. The molecule has 1 saturated carbocycles. The van der Waals surface area contributed by atoms with Gasteiger partial charge in [-0.15, -0.1) is 0 Å². The summed E-state index contributed by atoms with van der Waals surface area (Å²) in [7, 11) is 0. The van der Waals surface area contributed by atoms with Crippen LogP contribution in [0.5, 0.6) is 0 Å². The fourth-order valence-corrected chi connectivity index (χ4v) is 6.78. The molecule has 1 fully saturated rings. The van der Waals surface area contributed by atoms with Crippen molar-refractivity contribution in [2.45, 2.75) is 38.8 Å². The first-order valence-electron chi connectivity index (χ1n) is 13.0. The molecule has 202 valence electrons. The van der Waals surface area contributed by atoms with Crippen LogP contribution in [-0.2, 0) is 11.2 Å². The Balaban J connectivity index is 1.35. The normalized spacial score (nSPS) is 26.0. The lowest BCUT2D eigenvalue weighted by atomic mass is 9.54. The van der Waals surface area contributed by atoms with Crippen molar-refractivity contribution >= 4 is 23.4 Å². The molecule has 9 heteroatoms. The highest BCUT2D eigenvalue weighted by molar-refractivity contribution is 5.94. The number of amides is 1. The number of halogens is 4. The molecule has 6 rings (SSSR count). The van der Waals surface area contributed by atoms with Gasteiger partial charge in [0.15, 0.2) is 0 Å². The van der Waals surface area contributed by atoms with Crippen LogP contribution in [0.4, 0.5) is 28.9 Å². The third kappa shape index (κ3) is 4.33. The van der Waals surface area contributed by atoms with Crippen LogP contribution in [0.1, 0.15) is 37.4 Å². The highest BCUT2D eigenvalue weighted by atomic mass is 19.4. The number of anilines is 2. The second-order valence-electron chi connectivity index (χ2n) is 11.0. The fourth-order valence-electron chi connectivity index (χ4n) is 6.78. The van der Waals surface area contributed by atoms with Gasteiger partial charge in [0.05, 0.1) is 29.4 Å². The van der Waals surface area contributed by atoms with Crippen LogP contribution >= 0.6 is 0 Å². The van der Waals surface area contributed by atoms with Gasteiger partial charge in [0, 0.05) is 16.8 Å². The predicted molar refractivity (Wildman–Crippen MR) is 141 cm³/mol. The minimum absolute atomic E-state index is 0.241. The molecule has 3 N–H and O–H groups in total. The van der Waals surface area contributed by atoms with E-state index >= 15 is 0 Å². The highest BCUT2D eigenvalue weighted by Crippen LogP contribution is 2.59. The zero-order chi connectivity index (χ0) is 27.5. The second-order valence-corrected chi connectivity index (χ2v) is 11.0. The van der Waals surface area contributed by atoms with E-state index < -0.39 is 35.3 Å². The minimum Gasteiger partial charge on any atom is -0.399 e. The molecule has 0 radical (unpaired) electrons. The lowest BCUT2D eigenvalue weighted by Gasteiger charge is -2.50. The molecule has 1 heterocycles. The molecule has 3 aromatic rings. The average molecular weight is 537 g/mol. The largest absolute Gasteiger partial charge is 0.399 e. The second kappa shape index (κ2) is 9.10. The SMILES string of the molecule is C[C@]12Cc3cnn(-c4ccc(F)cc4)c3C=C1CCC1C2=CC[C@@H](C(F)(F)F)[C@@H]1C(=O)Nc1cccc(N)c1. The molecule has 39 heavy (non-hydrogen) atoms. The zero-order valence-corrected chi connectivity index (χ0v) is 21.3. The lowest BCUT2D eigenvalue weighted by molar-refractivity contribution is -0.196. The monoisotopic (exact) mass is 536 g/mol. The van der Waals surface area contributed by atoms with Crippen LogP contribution < -0.4 is 11.1 Å². The van der Waals surface area contributed by atoms with Crippen LogP contribution in [-0.4, -0.2) is 21.9 Å². The molecule has 3 aliphatic carbocycles. The van der Waals surface area contributed by atoms with Crippen LogP contribution in [0, 0.1) is 29.0 Å². The Kier molecular flexibility index (Phi) is 5.93. The molecule has 0 spiro atoms. The van der Waals surface area contributed by atoms with Gasteiger partial charge in [0.1, 0.15) is 5.82 Å². The van der Waals surface area contributed by atoms with Gasteiger partial charge in [-0.25, -0.2) is 9.07 Å². The van der Waals surface area contributed by atoms with Crippen molar-refractivity contribution in [3.8, 4) is 5.69 Å². The quantitative estimate of drug-likeness (QED) is 0.222. The summed E-state index contributed by atoms with van der Waals surface area (Å²) >= 11 is 0. The first-order chi connectivity index (χ1) is 18.5. The number of fused-ring (bicyclic) bond motifs is 4. The van der Waals surface area contributed by atoms with Gasteiger partial charge in [-0.2, -0.15) is 18.3 Å². The lowest BCUT2D eigenvalue weighted by Crippen LogP contribution is -2.49. The van der Waals surface area contributed by atoms with Gasteiger partial charge in [0.25, 0.3) is 0 Å². The van der Waals surface area contributed by atoms with Gasteiger partial charge in [0.2, 0.25) is 5.91 Å². The molecule has 1 amide bonds. The molecule has 4 atom stereocenters. The molecular formula is C30H28F4N4O. The maximum atomic E-state index is 14.3. The summed E-state index contributed by atoms with van der Waals surface area (Å²) in [6.45, 7) is 2.07. The first kappa shape index (κ1) is 25.4. The van der Waals surface area contributed by atoms with E-state index in [1.54, 1.807) is 53.4 Å². The van der Waals surface area contributed by atoms with E-state index in [1.165, 1.54) is 12.1 Å². The van der Waals surface area contributed by atoms with Crippen molar-refractivity contribution < 1.29 is 22.4 Å². The van der Waals surface area contributed by atoms with Crippen molar-refractivity contribution in [1.82, 2.24) is 9.78 Å². The number of carbonyl (C=O) groups excluding carboxylic acids is 1. The van der Waals surface area contributed by atoms with E-state index in [1.807, 2.05) is 0 Å². The van der Waals surface area contributed by atoms with E-state index in [0.29, 0.717) is 30.6 Å². The molecule has 1 unspecified atom stereocenters. The van der Waals surface area contributed by atoms with E-state index in [-0.39, 0.29) is 12.2 Å². The summed E-state index contributed by atoms with van der Waals surface area (Å²) in [5.41, 5.74) is 10.7. The topological polar surface area (TPSA) is 72.9 Å². The fraction of sp³-hybridized carbons (Fsp3) is 0.333. The number of benzene rings is 2. The summed E-state index contributed by atoms with van der Waals surface area (Å²) in [5, 5.41) is 7.25. The van der Waals surface area contributed by atoms with E-state index in [4.69, 9.17) is 5.73 Å². The van der Waals surface area contributed by atoms with Gasteiger partial charge in [-0.1, -0.05) is 30.2 Å². The maximum absolute atomic E-state index is 14.3. The Bertz CT molecular complexity index is 1500. The summed E-state index contributed by atoms with van der Waals surface area (Å²) in [5.74, 6) is -4.51. The maximum Gasteiger partial charge on any atom is 0.392 e. The van der Waals surface area contributed by atoms with Crippen molar-refractivity contribution in [2.75, 3.05) is 11.1 Å². The Hall–Kier alpha value is -3.88. The van der Waals surface area contributed by atoms with Crippen molar-refractivity contribution in [1.29, 1.82) is 0 Å². The number of nitrogens with one attached hydrogen (secondary N) is 1. The van der Waals surface area contributed by atoms with Crippen molar-refractivity contribution in [3.63, 3.8) is 0 Å². The van der Waals surface area contributed by atoms with Gasteiger partial charge >= 0.3 is 6.18 Å². The smallest absolute Gasteiger partial charge is 0.392 e. The van der Waals surface area contributed by atoms with Gasteiger partial charge < -0.3 is 11.1 Å². The van der Waals surface area contributed by atoms with Gasteiger partial charge in [-0.05, 0) is 85.7 Å². The van der Waals surface area contributed by atoms with Crippen LogP contribution in [0.25, 0.3) is 11.8 Å². The molecule has 1 aromatic heterocycles. The van der Waals surface area contributed by atoms with Crippen molar-refractivity contribution in [3.05, 3.63) is 89.0 Å². The van der Waals surface area contributed by atoms with E-state index in [9.17, 15) is 22.4 Å². The number of aromatic nitrogens is 2. The molecule has 0 saturated heterocycles. The first-order valence-corrected chi connectivity index (χ1v) is 13.0. The molecule has 5 nitrogen and oxygen atoms in total. The molecule has 2 aromatic carbocycles. The summed E-state index contributed by atoms with van der Waals surface area (Å²) in [4.78, 5) is 13.5. The number of carbonyl (C=O) groups is 1. The number of allylic oxidation sites excluding steroid dienone is 3. The highest BCUT2D eigenvalue weighted by Gasteiger charge is 2.56. The number of rotatable bonds is 3. The third-order valence-corrected chi connectivity index (χ3v) is 8.62. The summed E-state index contributed by atoms with van der Waals surface area (Å²) in [6, 6.07) is 12.6. The Morgan fingerprint density at radius 1 is 1.18 bits per heavy atom. The third-order valence-electron chi connectivity index (χ3n) is 8.62. The van der Waals surface area contributed by atoms with Gasteiger partial charge in [-0.3, -0.25) is 4.79 Å². The van der Waals surface area contributed by atoms with E-state index in [0.717, 1.165) is 28.1 Å². The van der Waals surface area contributed by atoms with Crippen LogP contribution in [0.15, 0.2) is 72.0 Å². The molecular weight excluding hydrogens is 508 g/mol. The number of nitrogens with two attached hydrogens (primary N) is 1. The number of nitrogen functional groups attached to an aromatic ring is 1. The Morgan fingerprint density at radius 2 is 1.95 bits per heavy atom. The summed E-state index contributed by atoms with van der Waals surface area (Å²) < 4.78 is 58.0. The zero-order valence-electron chi connectivity index (χ0n) is 21.3. The number of hydrogen-bond donors (Lipinski definition) is 2. The van der Waals surface area contributed by atoms with E-state index in [2.05, 4.69) is 23.4 Å². The predicted octanol–water partition coefficient (Wildman–Crippen LogP) is 6.71. The Labute approximate surface area is 223 Å².